The van der Waals surface area contributed by atoms with E-state index in [9.17, 15) is 4.79 Å². The Bertz CT molecular complexity index is 304. The van der Waals surface area contributed by atoms with E-state index in [0.717, 1.165) is 0 Å². The first kappa shape index (κ1) is 11.6. The highest BCUT2D eigenvalue weighted by Gasteiger charge is 2.06. The number of halogens is 1. The van der Waals surface area contributed by atoms with Gasteiger partial charge >= 0.3 is 5.97 Å². The van der Waals surface area contributed by atoms with E-state index in [1.165, 1.54) is 12.3 Å². The molecule has 1 aromatic heterocycles. The Hall–Kier alpha value is -1.36. The van der Waals surface area contributed by atoms with Crippen LogP contribution in [0.2, 0.25) is 0 Å². The second-order valence-electron chi connectivity index (χ2n) is 2.44. The largest absolute Gasteiger partial charge is 0.477 e. The van der Waals surface area contributed by atoms with Crippen LogP contribution in [0.3, 0.4) is 0 Å². The molecule has 6 heteroatoms. The number of carboxylic acid groups (broad SMARTS) is 1. The van der Waals surface area contributed by atoms with Crippen molar-refractivity contribution in [3.63, 3.8) is 0 Å². The normalized spacial score (nSPS) is 8.77. The average Bonchev–Trinajstić information content (AvgIpc) is 2.04. The van der Waals surface area contributed by atoms with Crippen molar-refractivity contribution in [2.75, 3.05) is 19.0 Å². The van der Waals surface area contributed by atoms with Gasteiger partial charge in [-0.15, -0.1) is 12.4 Å². The molecular weight excluding hydrogens is 194 g/mol. The van der Waals surface area contributed by atoms with Crippen molar-refractivity contribution in [3.05, 3.63) is 18.0 Å². The van der Waals surface area contributed by atoms with Crippen LogP contribution in [0.5, 0.6) is 0 Å². The van der Waals surface area contributed by atoms with Crippen LogP contribution in [0.15, 0.2) is 12.3 Å². The van der Waals surface area contributed by atoms with E-state index in [-0.39, 0.29) is 18.1 Å². The Labute approximate surface area is 81.8 Å². The Balaban J connectivity index is 0.00000144. The molecule has 5 nitrogen and oxygen atoms in total. The van der Waals surface area contributed by atoms with Gasteiger partial charge in [0.05, 0.1) is 0 Å². The molecule has 1 rings (SSSR count). The van der Waals surface area contributed by atoms with E-state index in [2.05, 4.69) is 9.97 Å². The number of carboxylic acids is 1. The predicted octanol–water partition coefficient (Wildman–Crippen LogP) is 0.663. The van der Waals surface area contributed by atoms with Gasteiger partial charge in [-0.1, -0.05) is 0 Å². The zero-order valence-electron chi connectivity index (χ0n) is 7.26. The molecule has 0 spiro atoms. The lowest BCUT2D eigenvalue weighted by Crippen LogP contribution is -2.14. The molecule has 1 N–H and O–H groups in total. The summed E-state index contributed by atoms with van der Waals surface area (Å²) in [4.78, 5) is 19.8. The van der Waals surface area contributed by atoms with Gasteiger partial charge in [0, 0.05) is 20.3 Å². The number of nitrogens with zero attached hydrogens (tertiary/aromatic N) is 3. The lowest BCUT2D eigenvalue weighted by molar-refractivity contribution is 0.0690. The maximum Gasteiger partial charge on any atom is 0.354 e. The van der Waals surface area contributed by atoms with Gasteiger partial charge in [-0.3, -0.25) is 0 Å². The Morgan fingerprint density at radius 3 is 2.62 bits per heavy atom. The van der Waals surface area contributed by atoms with Gasteiger partial charge in [-0.25, -0.2) is 14.8 Å². The second kappa shape index (κ2) is 4.61. The molecule has 1 heterocycles. The first-order valence-electron chi connectivity index (χ1n) is 3.35. The molecule has 0 fully saturated rings. The molecule has 72 valence electrons. The molecule has 0 radical (unpaired) electrons. The number of anilines is 1. The van der Waals surface area contributed by atoms with Gasteiger partial charge in [0.15, 0.2) is 5.69 Å². The second-order valence-corrected chi connectivity index (χ2v) is 2.44. The summed E-state index contributed by atoms with van der Waals surface area (Å²) in [6, 6.07) is 1.36. The van der Waals surface area contributed by atoms with Crippen molar-refractivity contribution in [1.29, 1.82) is 0 Å². The third kappa shape index (κ3) is 2.87. The van der Waals surface area contributed by atoms with E-state index in [1.807, 2.05) is 0 Å². The topological polar surface area (TPSA) is 66.3 Å². The molecule has 0 aliphatic heterocycles. The Morgan fingerprint density at radius 2 is 2.15 bits per heavy atom. The molecule has 0 amide bonds. The molecule has 0 saturated heterocycles. The molecule has 1 aromatic rings. The maximum atomic E-state index is 10.5. The first-order chi connectivity index (χ1) is 5.61. The van der Waals surface area contributed by atoms with Gasteiger partial charge in [-0.2, -0.15) is 0 Å². The maximum absolute atomic E-state index is 10.5. The average molecular weight is 204 g/mol. The fraction of sp³-hybridized carbons (Fsp3) is 0.286. The summed E-state index contributed by atoms with van der Waals surface area (Å²) < 4.78 is 0. The number of hydrogen-bond acceptors (Lipinski definition) is 4. The SMILES string of the molecule is CN(C)c1nccc(C(=O)O)n1.Cl. The third-order valence-electron chi connectivity index (χ3n) is 1.26. The minimum atomic E-state index is -1.04. The van der Waals surface area contributed by atoms with Crippen LogP contribution in [0.4, 0.5) is 5.95 Å². The monoisotopic (exact) mass is 203 g/mol. The smallest absolute Gasteiger partial charge is 0.354 e. The molecule has 13 heavy (non-hydrogen) atoms. The molecule has 0 aliphatic carbocycles. The minimum Gasteiger partial charge on any atom is -0.477 e. The highest BCUT2D eigenvalue weighted by Crippen LogP contribution is 2.02. The third-order valence-corrected chi connectivity index (χ3v) is 1.26. The molecule has 0 unspecified atom stereocenters. The van der Waals surface area contributed by atoms with Crippen molar-refractivity contribution in [2.24, 2.45) is 0 Å². The zero-order chi connectivity index (χ0) is 9.14. The minimum absolute atomic E-state index is 0. The van der Waals surface area contributed by atoms with E-state index < -0.39 is 5.97 Å². The number of hydrogen-bond donors (Lipinski definition) is 1. The molecule has 0 aliphatic rings. The van der Waals surface area contributed by atoms with Crippen LogP contribution in [0.25, 0.3) is 0 Å². The summed E-state index contributed by atoms with van der Waals surface area (Å²) in [5.41, 5.74) is 0.00806. The van der Waals surface area contributed by atoms with Crippen molar-refractivity contribution < 1.29 is 9.90 Å². The fourth-order valence-corrected chi connectivity index (χ4v) is 0.683. The van der Waals surface area contributed by atoms with Gasteiger partial charge in [0.25, 0.3) is 0 Å². The van der Waals surface area contributed by atoms with Gasteiger partial charge < -0.3 is 10.0 Å². The summed E-state index contributed by atoms with van der Waals surface area (Å²) in [5, 5.41) is 8.58. The standard InChI is InChI=1S/C7H9N3O2.ClH/c1-10(2)7-8-4-3-5(9-7)6(11)12;/h3-4H,1-2H3,(H,11,12);1H. The van der Waals surface area contributed by atoms with E-state index in [4.69, 9.17) is 5.11 Å². The van der Waals surface area contributed by atoms with Crippen molar-refractivity contribution >= 4 is 24.3 Å². The number of aromatic nitrogens is 2. The molecular formula is C7H10ClN3O2. The van der Waals surface area contributed by atoms with Crippen LogP contribution in [0.1, 0.15) is 10.5 Å². The number of aromatic carboxylic acids is 1. The highest BCUT2D eigenvalue weighted by molar-refractivity contribution is 5.85. The molecule has 0 aromatic carbocycles. The van der Waals surface area contributed by atoms with Crippen molar-refractivity contribution in [3.8, 4) is 0 Å². The van der Waals surface area contributed by atoms with Crippen LogP contribution in [0, 0.1) is 0 Å². The molecule has 0 saturated carbocycles. The Kier molecular flexibility index (Phi) is 4.13. The lowest BCUT2D eigenvalue weighted by Gasteiger charge is -2.08. The number of carbonyl (C=O) groups is 1. The predicted molar refractivity (Wildman–Crippen MR) is 50.6 cm³/mol. The van der Waals surface area contributed by atoms with Crippen LogP contribution in [-0.2, 0) is 0 Å². The van der Waals surface area contributed by atoms with Crippen LogP contribution < -0.4 is 4.90 Å². The van der Waals surface area contributed by atoms with Crippen LogP contribution in [-0.4, -0.2) is 35.1 Å². The summed E-state index contributed by atoms with van der Waals surface area (Å²) in [6.07, 6.45) is 1.42. The van der Waals surface area contributed by atoms with Gasteiger partial charge in [-0.05, 0) is 6.07 Å². The van der Waals surface area contributed by atoms with Gasteiger partial charge in [0.1, 0.15) is 0 Å². The van der Waals surface area contributed by atoms with Crippen molar-refractivity contribution in [2.45, 2.75) is 0 Å². The van der Waals surface area contributed by atoms with E-state index in [0.29, 0.717) is 5.95 Å². The van der Waals surface area contributed by atoms with E-state index in [1.54, 1.807) is 19.0 Å². The van der Waals surface area contributed by atoms with Crippen LogP contribution >= 0.6 is 12.4 Å². The first-order valence-corrected chi connectivity index (χ1v) is 3.35. The lowest BCUT2D eigenvalue weighted by atomic mass is 10.4. The highest BCUT2D eigenvalue weighted by atomic mass is 35.5. The zero-order valence-corrected chi connectivity index (χ0v) is 8.08. The molecule has 0 bridgehead atoms. The summed E-state index contributed by atoms with van der Waals surface area (Å²) in [6.45, 7) is 0. The number of rotatable bonds is 2. The summed E-state index contributed by atoms with van der Waals surface area (Å²) >= 11 is 0. The quantitative estimate of drug-likeness (QED) is 0.765. The Morgan fingerprint density at radius 1 is 1.54 bits per heavy atom. The molecule has 0 atom stereocenters. The summed E-state index contributed by atoms with van der Waals surface area (Å²) in [7, 11) is 3.50. The van der Waals surface area contributed by atoms with Gasteiger partial charge in [0.2, 0.25) is 5.95 Å². The summed E-state index contributed by atoms with van der Waals surface area (Å²) in [5.74, 6) is -0.643. The van der Waals surface area contributed by atoms with E-state index >= 15 is 0 Å². The van der Waals surface area contributed by atoms with Crippen molar-refractivity contribution in [1.82, 2.24) is 9.97 Å². The fourth-order valence-electron chi connectivity index (χ4n) is 0.683.